The molecule has 1 aliphatic rings. The van der Waals surface area contributed by atoms with E-state index in [0.717, 1.165) is 23.4 Å². The first kappa shape index (κ1) is 15.7. The van der Waals surface area contributed by atoms with Crippen molar-refractivity contribution in [2.24, 2.45) is 0 Å². The molecule has 0 saturated carbocycles. The maximum Gasteiger partial charge on any atom is 0.328 e. The first-order chi connectivity index (χ1) is 9.63. The van der Waals surface area contributed by atoms with Gasteiger partial charge in [0, 0.05) is 5.54 Å². The molecule has 0 bridgehead atoms. The van der Waals surface area contributed by atoms with Crippen molar-refractivity contribution >= 4 is 11.7 Å². The minimum absolute atomic E-state index is 0.261. The van der Waals surface area contributed by atoms with E-state index in [-0.39, 0.29) is 5.54 Å². The lowest BCUT2D eigenvalue weighted by Crippen LogP contribution is -2.62. The van der Waals surface area contributed by atoms with Crippen LogP contribution in [0.4, 0.5) is 5.69 Å². The third-order valence-corrected chi connectivity index (χ3v) is 4.50. The summed E-state index contributed by atoms with van der Waals surface area (Å²) in [6.45, 7) is 9.89. The van der Waals surface area contributed by atoms with Crippen molar-refractivity contribution < 1.29 is 14.6 Å². The Hall–Kier alpha value is -1.71. The van der Waals surface area contributed by atoms with Crippen LogP contribution in [0.3, 0.4) is 0 Å². The highest BCUT2D eigenvalue weighted by Crippen LogP contribution is 2.50. The molecule has 1 aliphatic heterocycles. The molecular formula is C17H25NO3. The van der Waals surface area contributed by atoms with Gasteiger partial charge in [0.2, 0.25) is 0 Å². The summed E-state index contributed by atoms with van der Waals surface area (Å²) in [5.41, 5.74) is 0.801. The van der Waals surface area contributed by atoms with Gasteiger partial charge in [0.1, 0.15) is 11.3 Å². The van der Waals surface area contributed by atoms with Crippen molar-refractivity contribution in [2.75, 3.05) is 12.0 Å². The number of rotatable bonds is 3. The molecule has 21 heavy (non-hydrogen) atoms. The Labute approximate surface area is 126 Å². The lowest BCUT2D eigenvalue weighted by Gasteiger charge is -2.53. The minimum Gasteiger partial charge on any atom is -0.495 e. The molecule has 2 rings (SSSR count). The first-order valence-corrected chi connectivity index (χ1v) is 7.33. The molecule has 116 valence electrons. The van der Waals surface area contributed by atoms with Gasteiger partial charge in [-0.05, 0) is 51.7 Å². The highest BCUT2D eigenvalue weighted by molar-refractivity contribution is 5.85. The smallest absolute Gasteiger partial charge is 0.328 e. The summed E-state index contributed by atoms with van der Waals surface area (Å²) in [6.07, 6.45) is 0.907. The number of methoxy groups -OCH3 is 1. The molecule has 1 heterocycles. The maximum atomic E-state index is 11.8. The molecule has 0 aliphatic carbocycles. The molecule has 1 atom stereocenters. The second kappa shape index (κ2) is 4.93. The SMILES string of the molecule is COc1cccc2c1N(C(C)(C)C(=O)O)C(C)(C)C[C@H]2C. The molecule has 0 saturated heterocycles. The molecule has 4 nitrogen and oxygen atoms in total. The van der Waals surface area contributed by atoms with Crippen molar-refractivity contribution in [1.82, 2.24) is 0 Å². The van der Waals surface area contributed by atoms with Gasteiger partial charge >= 0.3 is 5.97 Å². The summed E-state index contributed by atoms with van der Waals surface area (Å²) in [7, 11) is 1.63. The van der Waals surface area contributed by atoms with Crippen LogP contribution in [0.2, 0.25) is 0 Å². The van der Waals surface area contributed by atoms with E-state index in [1.165, 1.54) is 0 Å². The Morgan fingerprint density at radius 1 is 1.43 bits per heavy atom. The Morgan fingerprint density at radius 3 is 2.57 bits per heavy atom. The van der Waals surface area contributed by atoms with E-state index in [1.807, 2.05) is 17.0 Å². The minimum atomic E-state index is -1.01. The molecule has 1 aromatic rings. The fraction of sp³-hybridized carbons (Fsp3) is 0.588. The molecule has 0 amide bonds. The molecule has 0 fully saturated rings. The molecular weight excluding hydrogens is 266 g/mol. The largest absolute Gasteiger partial charge is 0.495 e. The van der Waals surface area contributed by atoms with Crippen molar-refractivity contribution in [3.63, 3.8) is 0 Å². The van der Waals surface area contributed by atoms with E-state index in [4.69, 9.17) is 4.74 Å². The molecule has 0 aromatic heterocycles. The highest BCUT2D eigenvalue weighted by Gasteiger charge is 2.48. The Kier molecular flexibility index (Phi) is 3.68. The monoisotopic (exact) mass is 291 g/mol. The van der Waals surface area contributed by atoms with E-state index >= 15 is 0 Å². The van der Waals surface area contributed by atoms with Gasteiger partial charge in [0.25, 0.3) is 0 Å². The number of para-hydroxylation sites is 1. The zero-order chi connectivity index (χ0) is 16.0. The second-order valence-electron chi connectivity index (χ2n) is 7.02. The van der Waals surface area contributed by atoms with Crippen molar-refractivity contribution in [3.8, 4) is 5.75 Å². The third kappa shape index (κ3) is 2.37. The standard InChI is InChI=1S/C17H25NO3/c1-11-10-16(2,3)18(17(4,5)15(19)20)14-12(11)8-7-9-13(14)21-6/h7-9,11H,10H2,1-6H3,(H,19,20)/t11-/m1/s1. The summed E-state index contributed by atoms with van der Waals surface area (Å²) < 4.78 is 5.52. The number of ether oxygens (including phenoxy) is 1. The summed E-state index contributed by atoms with van der Waals surface area (Å²) in [6, 6.07) is 5.94. The lowest BCUT2D eigenvalue weighted by molar-refractivity contribution is -0.142. The first-order valence-electron chi connectivity index (χ1n) is 7.33. The molecule has 1 aromatic carbocycles. The van der Waals surface area contributed by atoms with E-state index in [9.17, 15) is 9.90 Å². The number of nitrogens with zero attached hydrogens (tertiary/aromatic N) is 1. The van der Waals surface area contributed by atoms with E-state index in [1.54, 1.807) is 21.0 Å². The van der Waals surface area contributed by atoms with Crippen molar-refractivity contribution in [3.05, 3.63) is 23.8 Å². The number of carboxylic acid groups (broad SMARTS) is 1. The highest BCUT2D eigenvalue weighted by atomic mass is 16.5. The normalized spacial score (nSPS) is 20.9. The summed E-state index contributed by atoms with van der Waals surface area (Å²) in [5.74, 6) is 0.273. The Morgan fingerprint density at radius 2 is 2.05 bits per heavy atom. The van der Waals surface area contributed by atoms with Gasteiger partial charge in [-0.15, -0.1) is 0 Å². The number of hydrogen-bond donors (Lipinski definition) is 1. The Bertz CT molecular complexity index is 563. The van der Waals surface area contributed by atoms with Crippen LogP contribution in [0.25, 0.3) is 0 Å². The van der Waals surface area contributed by atoms with Gasteiger partial charge in [0.05, 0.1) is 12.8 Å². The van der Waals surface area contributed by atoms with Crippen LogP contribution in [-0.4, -0.2) is 29.3 Å². The average Bonchev–Trinajstić information content (AvgIpc) is 2.36. The molecule has 0 radical (unpaired) electrons. The zero-order valence-corrected chi connectivity index (χ0v) is 13.7. The maximum absolute atomic E-state index is 11.8. The van der Waals surface area contributed by atoms with Gasteiger partial charge in [-0.25, -0.2) is 4.79 Å². The fourth-order valence-electron chi connectivity index (χ4n) is 3.73. The van der Waals surface area contributed by atoms with Gasteiger partial charge in [0.15, 0.2) is 0 Å². The summed E-state index contributed by atoms with van der Waals surface area (Å²) in [5, 5.41) is 9.70. The second-order valence-corrected chi connectivity index (χ2v) is 7.02. The summed E-state index contributed by atoms with van der Waals surface area (Å²) in [4.78, 5) is 13.8. The van der Waals surface area contributed by atoms with Gasteiger partial charge in [-0.2, -0.15) is 0 Å². The van der Waals surface area contributed by atoms with Crippen molar-refractivity contribution in [2.45, 2.75) is 58.0 Å². The predicted molar refractivity (Wildman–Crippen MR) is 84.3 cm³/mol. The topological polar surface area (TPSA) is 49.8 Å². The molecule has 0 spiro atoms. The van der Waals surface area contributed by atoms with Gasteiger partial charge in [-0.3, -0.25) is 0 Å². The molecule has 1 N–H and O–H groups in total. The number of carboxylic acids is 1. The average molecular weight is 291 g/mol. The van der Waals surface area contributed by atoms with E-state index < -0.39 is 11.5 Å². The Balaban J connectivity index is 2.75. The quantitative estimate of drug-likeness (QED) is 0.923. The van der Waals surface area contributed by atoms with Crippen LogP contribution in [0.15, 0.2) is 18.2 Å². The predicted octanol–water partition coefficient (Wildman–Crippen LogP) is 3.65. The number of benzene rings is 1. The van der Waals surface area contributed by atoms with Crippen LogP contribution in [-0.2, 0) is 4.79 Å². The van der Waals surface area contributed by atoms with E-state index in [2.05, 4.69) is 26.8 Å². The van der Waals surface area contributed by atoms with Crippen LogP contribution in [0.1, 0.15) is 52.5 Å². The zero-order valence-electron chi connectivity index (χ0n) is 13.7. The van der Waals surface area contributed by atoms with Crippen LogP contribution in [0.5, 0.6) is 5.75 Å². The number of hydrogen-bond acceptors (Lipinski definition) is 3. The fourth-order valence-corrected chi connectivity index (χ4v) is 3.73. The lowest BCUT2D eigenvalue weighted by atomic mass is 9.77. The van der Waals surface area contributed by atoms with Crippen LogP contribution < -0.4 is 9.64 Å². The van der Waals surface area contributed by atoms with E-state index in [0.29, 0.717) is 5.92 Å². The van der Waals surface area contributed by atoms with Crippen LogP contribution in [0, 0.1) is 0 Å². The molecule has 0 unspecified atom stereocenters. The third-order valence-electron chi connectivity index (χ3n) is 4.50. The summed E-state index contributed by atoms with van der Waals surface area (Å²) >= 11 is 0. The number of anilines is 1. The molecule has 4 heteroatoms. The number of fused-ring (bicyclic) bond motifs is 1. The van der Waals surface area contributed by atoms with Crippen molar-refractivity contribution in [1.29, 1.82) is 0 Å². The number of carbonyl (C=O) groups is 1. The number of aliphatic carboxylic acids is 1. The van der Waals surface area contributed by atoms with Gasteiger partial charge < -0.3 is 14.7 Å². The van der Waals surface area contributed by atoms with Crippen LogP contribution >= 0.6 is 0 Å². The van der Waals surface area contributed by atoms with Gasteiger partial charge in [-0.1, -0.05) is 19.1 Å².